The lowest BCUT2D eigenvalue weighted by Crippen LogP contribution is -2.24. The number of aromatic nitrogens is 3. The van der Waals surface area contributed by atoms with Crippen molar-refractivity contribution in [1.29, 1.82) is 0 Å². The van der Waals surface area contributed by atoms with E-state index in [0.29, 0.717) is 0 Å². The largest absolute Gasteiger partial charge is 0.396 e. The summed E-state index contributed by atoms with van der Waals surface area (Å²) in [5.74, 6) is -1.22. The maximum Gasteiger partial charge on any atom is 0.253 e. The number of hydrogen-bond donors (Lipinski definition) is 2. The highest BCUT2D eigenvalue weighted by Gasteiger charge is 2.14. The molecule has 3 N–H and O–H groups in total. The van der Waals surface area contributed by atoms with Crippen molar-refractivity contribution in [1.82, 2.24) is 20.1 Å². The van der Waals surface area contributed by atoms with E-state index >= 15 is 0 Å². The highest BCUT2D eigenvalue weighted by molar-refractivity contribution is 6.31. The Morgan fingerprint density at radius 1 is 1.33 bits per heavy atom. The van der Waals surface area contributed by atoms with Crippen LogP contribution < -0.4 is 11.1 Å². The van der Waals surface area contributed by atoms with Gasteiger partial charge in [-0.05, 0) is 29.8 Å². The van der Waals surface area contributed by atoms with E-state index in [9.17, 15) is 9.18 Å². The van der Waals surface area contributed by atoms with Crippen LogP contribution in [0.1, 0.15) is 15.9 Å². The van der Waals surface area contributed by atoms with Crippen molar-refractivity contribution in [2.24, 2.45) is 0 Å². The molecule has 0 atom stereocenters. The summed E-state index contributed by atoms with van der Waals surface area (Å²) in [4.78, 5) is 16.1. The van der Waals surface area contributed by atoms with Crippen molar-refractivity contribution in [3.05, 3.63) is 71.0 Å². The monoisotopic (exact) mass is 345 g/mol. The van der Waals surface area contributed by atoms with Crippen LogP contribution in [0.15, 0.2) is 49.1 Å². The van der Waals surface area contributed by atoms with E-state index in [1.165, 1.54) is 12.4 Å². The average Bonchev–Trinajstić information content (AvgIpc) is 3.11. The van der Waals surface area contributed by atoms with Crippen molar-refractivity contribution in [3.63, 3.8) is 0 Å². The van der Waals surface area contributed by atoms with E-state index < -0.39 is 11.7 Å². The predicted octanol–water partition coefficient (Wildman–Crippen LogP) is 2.57. The average molecular weight is 346 g/mol. The van der Waals surface area contributed by atoms with Crippen molar-refractivity contribution in [3.8, 4) is 5.69 Å². The summed E-state index contributed by atoms with van der Waals surface area (Å²) in [6.45, 7) is 0.245. The lowest BCUT2D eigenvalue weighted by molar-refractivity contribution is 0.0951. The van der Waals surface area contributed by atoms with Crippen molar-refractivity contribution < 1.29 is 9.18 Å². The zero-order chi connectivity index (χ0) is 17.1. The number of carbonyl (C=O) groups excluding carboxylic acids is 1. The van der Waals surface area contributed by atoms with Gasteiger partial charge in [0.25, 0.3) is 5.91 Å². The van der Waals surface area contributed by atoms with Crippen LogP contribution in [0, 0.1) is 5.82 Å². The number of nitrogens with zero attached hydrogens (tertiary/aromatic N) is 3. The van der Waals surface area contributed by atoms with Gasteiger partial charge in [0.2, 0.25) is 0 Å². The van der Waals surface area contributed by atoms with Gasteiger partial charge >= 0.3 is 0 Å². The molecule has 8 heteroatoms. The van der Waals surface area contributed by atoms with Gasteiger partial charge in [-0.25, -0.2) is 14.1 Å². The molecule has 0 aliphatic rings. The first kappa shape index (κ1) is 15.9. The first-order chi connectivity index (χ1) is 11.5. The molecule has 3 aromatic rings. The van der Waals surface area contributed by atoms with Crippen LogP contribution in [-0.2, 0) is 6.54 Å². The number of amides is 1. The zero-order valence-corrected chi connectivity index (χ0v) is 13.2. The number of benzene rings is 2. The molecule has 122 valence electrons. The minimum absolute atomic E-state index is 0.00688. The molecule has 1 heterocycles. The maximum absolute atomic E-state index is 13.6. The highest BCUT2D eigenvalue weighted by Crippen LogP contribution is 2.22. The predicted molar refractivity (Wildman–Crippen MR) is 88.4 cm³/mol. The molecule has 0 unspecified atom stereocenters. The summed E-state index contributed by atoms with van der Waals surface area (Å²) >= 11 is 5.77. The highest BCUT2D eigenvalue weighted by atomic mass is 35.5. The van der Waals surface area contributed by atoms with Crippen molar-refractivity contribution >= 4 is 23.2 Å². The van der Waals surface area contributed by atoms with Gasteiger partial charge in [-0.3, -0.25) is 4.79 Å². The number of halogens is 2. The molecule has 2 aromatic carbocycles. The standard InChI is InChI=1S/C16H13ClFN5O/c17-11-5-13(15(19)14(18)6-11)16(24)21-7-10-2-1-3-12(4-10)23-9-20-8-22-23/h1-6,8-9H,7,19H2,(H,21,24). The van der Waals surface area contributed by atoms with Crippen LogP contribution in [0.4, 0.5) is 10.1 Å². The Labute approximate surface area is 142 Å². The van der Waals surface area contributed by atoms with Crippen LogP contribution >= 0.6 is 11.6 Å². The van der Waals surface area contributed by atoms with Gasteiger partial charge in [0.1, 0.15) is 18.5 Å². The number of rotatable bonds is 4. The quantitative estimate of drug-likeness (QED) is 0.712. The summed E-state index contributed by atoms with van der Waals surface area (Å²) in [5, 5.41) is 6.85. The van der Waals surface area contributed by atoms with Crippen LogP contribution in [0.5, 0.6) is 0 Å². The minimum atomic E-state index is -0.721. The normalized spacial score (nSPS) is 10.6. The van der Waals surface area contributed by atoms with Crippen LogP contribution in [-0.4, -0.2) is 20.7 Å². The Kier molecular flexibility index (Phi) is 4.43. The topological polar surface area (TPSA) is 85.8 Å². The third kappa shape index (κ3) is 3.36. The molecule has 1 amide bonds. The SMILES string of the molecule is Nc1c(F)cc(Cl)cc1C(=O)NCc1cccc(-n2cncn2)c1. The second-order valence-corrected chi connectivity index (χ2v) is 5.48. The Hall–Kier alpha value is -2.93. The van der Waals surface area contributed by atoms with Crippen molar-refractivity contribution in [2.45, 2.75) is 6.54 Å². The molecule has 0 spiro atoms. The number of nitrogens with one attached hydrogen (secondary N) is 1. The number of hydrogen-bond acceptors (Lipinski definition) is 4. The Morgan fingerprint density at radius 2 is 2.17 bits per heavy atom. The number of anilines is 1. The fourth-order valence-electron chi connectivity index (χ4n) is 2.20. The van der Waals surface area contributed by atoms with E-state index in [0.717, 1.165) is 17.3 Å². The summed E-state index contributed by atoms with van der Waals surface area (Å²) in [7, 11) is 0. The molecule has 0 saturated carbocycles. The second-order valence-electron chi connectivity index (χ2n) is 5.04. The molecule has 0 aliphatic carbocycles. The molecule has 0 saturated heterocycles. The van der Waals surface area contributed by atoms with E-state index in [1.807, 2.05) is 24.3 Å². The van der Waals surface area contributed by atoms with Crippen molar-refractivity contribution in [2.75, 3.05) is 5.73 Å². The van der Waals surface area contributed by atoms with Gasteiger partial charge < -0.3 is 11.1 Å². The summed E-state index contributed by atoms with van der Waals surface area (Å²) < 4.78 is 15.2. The molecular formula is C16H13ClFN5O. The Balaban J connectivity index is 1.74. The first-order valence-electron chi connectivity index (χ1n) is 7.01. The summed E-state index contributed by atoms with van der Waals surface area (Å²) in [6, 6.07) is 9.81. The molecule has 3 rings (SSSR count). The van der Waals surface area contributed by atoms with E-state index in [4.69, 9.17) is 17.3 Å². The molecule has 0 fully saturated rings. The maximum atomic E-state index is 13.6. The van der Waals surface area contributed by atoms with Gasteiger partial charge in [0.05, 0.1) is 16.9 Å². The van der Waals surface area contributed by atoms with E-state index in [2.05, 4.69) is 15.4 Å². The lowest BCUT2D eigenvalue weighted by atomic mass is 10.1. The van der Waals surface area contributed by atoms with Crippen LogP contribution in [0.2, 0.25) is 5.02 Å². The van der Waals surface area contributed by atoms with Gasteiger partial charge in [0.15, 0.2) is 0 Å². The van der Waals surface area contributed by atoms with E-state index in [-0.39, 0.29) is 22.8 Å². The molecular weight excluding hydrogens is 333 g/mol. The third-order valence-corrected chi connectivity index (χ3v) is 3.60. The van der Waals surface area contributed by atoms with E-state index in [1.54, 1.807) is 11.0 Å². The minimum Gasteiger partial charge on any atom is -0.396 e. The smallest absolute Gasteiger partial charge is 0.253 e. The molecule has 0 bridgehead atoms. The van der Waals surface area contributed by atoms with Gasteiger partial charge in [-0.15, -0.1) is 0 Å². The Morgan fingerprint density at radius 3 is 2.92 bits per heavy atom. The molecule has 24 heavy (non-hydrogen) atoms. The molecule has 0 radical (unpaired) electrons. The fraction of sp³-hybridized carbons (Fsp3) is 0.0625. The second kappa shape index (κ2) is 6.67. The van der Waals surface area contributed by atoms with Crippen LogP contribution in [0.3, 0.4) is 0 Å². The number of carbonyl (C=O) groups is 1. The molecule has 0 aliphatic heterocycles. The van der Waals surface area contributed by atoms with Gasteiger partial charge in [0, 0.05) is 11.6 Å². The first-order valence-corrected chi connectivity index (χ1v) is 7.39. The zero-order valence-electron chi connectivity index (χ0n) is 12.4. The number of nitrogens with two attached hydrogens (primary N) is 1. The third-order valence-electron chi connectivity index (χ3n) is 3.39. The van der Waals surface area contributed by atoms with Crippen LogP contribution in [0.25, 0.3) is 5.69 Å². The fourth-order valence-corrected chi connectivity index (χ4v) is 2.41. The van der Waals surface area contributed by atoms with Gasteiger partial charge in [-0.1, -0.05) is 23.7 Å². The molecule has 6 nitrogen and oxygen atoms in total. The molecule has 1 aromatic heterocycles. The summed E-state index contributed by atoms with van der Waals surface area (Å²) in [5.41, 5.74) is 7.03. The van der Waals surface area contributed by atoms with Gasteiger partial charge in [-0.2, -0.15) is 5.10 Å². The summed E-state index contributed by atoms with van der Waals surface area (Å²) in [6.07, 6.45) is 3.01. The lowest BCUT2D eigenvalue weighted by Gasteiger charge is -2.10. The number of nitrogen functional groups attached to an aromatic ring is 1. The Bertz CT molecular complexity index is 882.